The number of hydrogen-bond acceptors (Lipinski definition) is 2. The SMILES string of the molecule is Cc1ccc(S(=O)(=O)N2CCC[C@H]2CCl)cc1C. The molecule has 1 aromatic rings. The number of halogens is 1. The van der Waals surface area contributed by atoms with Gasteiger partial charge in [0, 0.05) is 18.5 Å². The van der Waals surface area contributed by atoms with Crippen LogP contribution in [0.2, 0.25) is 0 Å². The van der Waals surface area contributed by atoms with Crippen LogP contribution in [0.4, 0.5) is 0 Å². The highest BCUT2D eigenvalue weighted by Gasteiger charge is 2.34. The van der Waals surface area contributed by atoms with Crippen LogP contribution in [0.1, 0.15) is 24.0 Å². The van der Waals surface area contributed by atoms with E-state index >= 15 is 0 Å². The first kappa shape index (κ1) is 13.8. The van der Waals surface area contributed by atoms with Gasteiger partial charge < -0.3 is 0 Å². The maximum Gasteiger partial charge on any atom is 0.243 e. The first-order valence-electron chi connectivity index (χ1n) is 6.12. The van der Waals surface area contributed by atoms with Crippen LogP contribution in [-0.2, 0) is 10.0 Å². The van der Waals surface area contributed by atoms with Crippen LogP contribution < -0.4 is 0 Å². The fourth-order valence-corrected chi connectivity index (χ4v) is 4.47. The largest absolute Gasteiger partial charge is 0.243 e. The van der Waals surface area contributed by atoms with Gasteiger partial charge in [-0.15, -0.1) is 11.6 Å². The molecule has 1 heterocycles. The van der Waals surface area contributed by atoms with Crippen molar-refractivity contribution in [3.05, 3.63) is 29.3 Å². The number of hydrogen-bond donors (Lipinski definition) is 0. The number of nitrogens with zero attached hydrogens (tertiary/aromatic N) is 1. The van der Waals surface area contributed by atoms with Gasteiger partial charge in [-0.3, -0.25) is 0 Å². The molecule has 0 aliphatic carbocycles. The Kier molecular flexibility index (Phi) is 3.99. The maximum atomic E-state index is 12.5. The topological polar surface area (TPSA) is 37.4 Å². The summed E-state index contributed by atoms with van der Waals surface area (Å²) in [7, 11) is -3.39. The van der Waals surface area contributed by atoms with Crippen molar-refractivity contribution >= 4 is 21.6 Å². The summed E-state index contributed by atoms with van der Waals surface area (Å²) in [5.41, 5.74) is 2.10. The van der Waals surface area contributed by atoms with E-state index in [1.165, 1.54) is 0 Å². The summed E-state index contributed by atoms with van der Waals surface area (Å²) in [6, 6.07) is 5.22. The molecule has 100 valence electrons. The van der Waals surface area contributed by atoms with Crippen molar-refractivity contribution in [1.29, 1.82) is 0 Å². The van der Waals surface area contributed by atoms with Gasteiger partial charge in [0.25, 0.3) is 0 Å². The normalized spacial score (nSPS) is 21.4. The lowest BCUT2D eigenvalue weighted by Crippen LogP contribution is -2.36. The van der Waals surface area contributed by atoms with E-state index in [1.807, 2.05) is 19.9 Å². The number of alkyl halides is 1. The van der Waals surface area contributed by atoms with E-state index in [-0.39, 0.29) is 6.04 Å². The Bertz CT molecular complexity index is 542. The van der Waals surface area contributed by atoms with Crippen LogP contribution in [0.3, 0.4) is 0 Å². The van der Waals surface area contributed by atoms with Gasteiger partial charge in [-0.2, -0.15) is 4.31 Å². The van der Waals surface area contributed by atoms with Gasteiger partial charge in [0.15, 0.2) is 0 Å². The number of benzene rings is 1. The zero-order chi connectivity index (χ0) is 13.3. The summed E-state index contributed by atoms with van der Waals surface area (Å²) in [6.45, 7) is 4.48. The molecule has 1 aromatic carbocycles. The third-order valence-electron chi connectivity index (χ3n) is 3.59. The highest BCUT2D eigenvalue weighted by molar-refractivity contribution is 7.89. The average molecular weight is 288 g/mol. The van der Waals surface area contributed by atoms with Crippen LogP contribution in [-0.4, -0.2) is 31.2 Å². The molecule has 1 aliphatic rings. The molecule has 0 radical (unpaired) electrons. The molecule has 0 bridgehead atoms. The molecule has 1 fully saturated rings. The quantitative estimate of drug-likeness (QED) is 0.802. The molecular formula is C13H18ClNO2S. The van der Waals surface area contributed by atoms with Gasteiger partial charge in [0.05, 0.1) is 4.90 Å². The number of rotatable bonds is 3. The minimum absolute atomic E-state index is 0.0572. The fraction of sp³-hybridized carbons (Fsp3) is 0.538. The second-order valence-corrected chi connectivity index (χ2v) is 7.01. The minimum Gasteiger partial charge on any atom is -0.207 e. The molecule has 0 N–H and O–H groups in total. The number of sulfonamides is 1. The zero-order valence-corrected chi connectivity index (χ0v) is 12.3. The molecule has 5 heteroatoms. The van der Waals surface area contributed by atoms with Gasteiger partial charge in [-0.1, -0.05) is 6.07 Å². The fourth-order valence-electron chi connectivity index (χ4n) is 2.29. The van der Waals surface area contributed by atoms with Gasteiger partial charge >= 0.3 is 0 Å². The predicted molar refractivity (Wildman–Crippen MR) is 73.5 cm³/mol. The molecule has 0 spiro atoms. The monoisotopic (exact) mass is 287 g/mol. The van der Waals surface area contributed by atoms with Crippen molar-refractivity contribution in [2.45, 2.75) is 37.6 Å². The molecule has 18 heavy (non-hydrogen) atoms. The lowest BCUT2D eigenvalue weighted by atomic mass is 10.1. The van der Waals surface area contributed by atoms with Crippen LogP contribution >= 0.6 is 11.6 Å². The first-order chi connectivity index (χ1) is 8.46. The van der Waals surface area contributed by atoms with E-state index in [0.29, 0.717) is 17.3 Å². The Morgan fingerprint density at radius 3 is 2.67 bits per heavy atom. The second-order valence-electron chi connectivity index (χ2n) is 4.81. The summed E-state index contributed by atoms with van der Waals surface area (Å²) in [5.74, 6) is 0.365. The van der Waals surface area contributed by atoms with Gasteiger partial charge in [-0.25, -0.2) is 8.42 Å². The minimum atomic E-state index is -3.39. The summed E-state index contributed by atoms with van der Waals surface area (Å²) >= 11 is 5.85. The van der Waals surface area contributed by atoms with Crippen molar-refractivity contribution in [3.8, 4) is 0 Å². The Morgan fingerprint density at radius 2 is 2.06 bits per heavy atom. The molecule has 0 aromatic heterocycles. The molecule has 1 saturated heterocycles. The van der Waals surface area contributed by atoms with Gasteiger partial charge in [0.2, 0.25) is 10.0 Å². The first-order valence-corrected chi connectivity index (χ1v) is 8.09. The maximum absolute atomic E-state index is 12.5. The molecule has 0 amide bonds. The van der Waals surface area contributed by atoms with E-state index in [9.17, 15) is 8.42 Å². The summed E-state index contributed by atoms with van der Waals surface area (Å²) in [4.78, 5) is 0.377. The zero-order valence-electron chi connectivity index (χ0n) is 10.7. The molecule has 0 saturated carbocycles. The Hall–Kier alpha value is -0.580. The molecule has 1 aliphatic heterocycles. The van der Waals surface area contributed by atoms with Crippen LogP contribution in [0.25, 0.3) is 0 Å². The van der Waals surface area contributed by atoms with E-state index in [2.05, 4.69) is 0 Å². The van der Waals surface area contributed by atoms with Crippen LogP contribution in [0.5, 0.6) is 0 Å². The van der Waals surface area contributed by atoms with E-state index < -0.39 is 10.0 Å². The third kappa shape index (κ3) is 2.42. The highest BCUT2D eigenvalue weighted by atomic mass is 35.5. The summed E-state index contributed by atoms with van der Waals surface area (Å²) in [5, 5.41) is 0. The lowest BCUT2D eigenvalue weighted by Gasteiger charge is -2.22. The van der Waals surface area contributed by atoms with Crippen molar-refractivity contribution < 1.29 is 8.42 Å². The Balaban J connectivity index is 2.38. The van der Waals surface area contributed by atoms with Gasteiger partial charge in [-0.05, 0) is 49.9 Å². The average Bonchev–Trinajstić information content (AvgIpc) is 2.81. The number of aryl methyl sites for hydroxylation is 2. The molecular weight excluding hydrogens is 270 g/mol. The highest BCUT2D eigenvalue weighted by Crippen LogP contribution is 2.27. The second kappa shape index (κ2) is 5.19. The summed E-state index contributed by atoms with van der Waals surface area (Å²) < 4.78 is 26.6. The van der Waals surface area contributed by atoms with Crippen molar-refractivity contribution in [1.82, 2.24) is 4.31 Å². The molecule has 1 atom stereocenters. The van der Waals surface area contributed by atoms with Crippen LogP contribution in [0, 0.1) is 13.8 Å². The third-order valence-corrected chi connectivity index (χ3v) is 5.89. The predicted octanol–water partition coefficient (Wildman–Crippen LogP) is 2.70. The van der Waals surface area contributed by atoms with E-state index in [0.717, 1.165) is 24.0 Å². The Morgan fingerprint density at radius 1 is 1.33 bits per heavy atom. The molecule has 2 rings (SSSR count). The molecule has 0 unspecified atom stereocenters. The van der Waals surface area contributed by atoms with Crippen molar-refractivity contribution in [2.75, 3.05) is 12.4 Å². The van der Waals surface area contributed by atoms with Crippen molar-refractivity contribution in [3.63, 3.8) is 0 Å². The lowest BCUT2D eigenvalue weighted by molar-refractivity contribution is 0.411. The summed E-state index contributed by atoms with van der Waals surface area (Å²) in [6.07, 6.45) is 1.75. The van der Waals surface area contributed by atoms with E-state index in [4.69, 9.17) is 11.6 Å². The standard InChI is InChI=1S/C13H18ClNO2S/c1-10-5-6-13(8-11(10)2)18(16,17)15-7-3-4-12(15)9-14/h5-6,8,12H,3-4,7,9H2,1-2H3/t12-/m0/s1. The smallest absolute Gasteiger partial charge is 0.207 e. The van der Waals surface area contributed by atoms with E-state index in [1.54, 1.807) is 16.4 Å². The Labute approximate surface area is 114 Å². The van der Waals surface area contributed by atoms with Crippen molar-refractivity contribution in [2.24, 2.45) is 0 Å². The van der Waals surface area contributed by atoms with Crippen LogP contribution in [0.15, 0.2) is 23.1 Å². The molecule has 3 nitrogen and oxygen atoms in total. The van der Waals surface area contributed by atoms with Gasteiger partial charge in [0.1, 0.15) is 0 Å².